The summed E-state index contributed by atoms with van der Waals surface area (Å²) in [7, 11) is 0. The van der Waals surface area contributed by atoms with E-state index in [1.807, 2.05) is 0 Å². The third kappa shape index (κ3) is 2.12. The summed E-state index contributed by atoms with van der Waals surface area (Å²) in [6.45, 7) is 3.83. The van der Waals surface area contributed by atoms with E-state index in [0.717, 1.165) is 51.4 Å². The molecule has 2 aliphatic rings. The lowest BCUT2D eigenvalue weighted by atomic mass is 10.2. The lowest BCUT2D eigenvalue weighted by Crippen LogP contribution is -2.39. The highest BCUT2D eigenvalue weighted by molar-refractivity contribution is 5.81. The Labute approximate surface area is 78.6 Å². The fourth-order valence-electron chi connectivity index (χ4n) is 1.89. The molecule has 0 saturated carbocycles. The molecule has 1 saturated heterocycles. The summed E-state index contributed by atoms with van der Waals surface area (Å²) in [6.07, 6.45) is 2.78. The lowest BCUT2D eigenvalue weighted by Gasteiger charge is -2.21. The van der Waals surface area contributed by atoms with Gasteiger partial charge in [0, 0.05) is 19.6 Å². The van der Waals surface area contributed by atoms with E-state index in [4.69, 9.17) is 0 Å². The number of aliphatic hydroxyl groups is 1. The van der Waals surface area contributed by atoms with Gasteiger partial charge < -0.3 is 15.3 Å². The second kappa shape index (κ2) is 3.96. The molecule has 2 rings (SSSR count). The number of likely N-dealkylation sites (tertiary alicyclic amines) is 1. The molecule has 0 radical (unpaired) electrons. The number of hydrogen-bond donors (Lipinski definition) is 2. The topological polar surface area (TPSA) is 47.9 Å². The van der Waals surface area contributed by atoms with E-state index >= 15 is 0 Å². The molecule has 0 amide bonds. The Kier molecular flexibility index (Phi) is 2.68. The molecular formula is C9H17N3O. The quantitative estimate of drug-likeness (QED) is 0.546. The number of aliphatic hydroxyl groups excluding tert-OH is 1. The normalized spacial score (nSPS) is 29.5. The van der Waals surface area contributed by atoms with E-state index in [9.17, 15) is 5.11 Å². The standard InChI is InChI=1S/C9H17N3O/c13-8-2-1-6-12(7-3-8)9-10-4-5-11-9/h8,13H,1-7H2,(H,10,11). The van der Waals surface area contributed by atoms with Crippen LogP contribution in [0.4, 0.5) is 0 Å². The largest absolute Gasteiger partial charge is 0.393 e. The highest BCUT2D eigenvalue weighted by atomic mass is 16.3. The molecule has 4 nitrogen and oxygen atoms in total. The molecule has 0 aromatic carbocycles. The Morgan fingerprint density at radius 2 is 2.31 bits per heavy atom. The van der Waals surface area contributed by atoms with Crippen LogP contribution in [-0.4, -0.2) is 48.2 Å². The van der Waals surface area contributed by atoms with E-state index in [2.05, 4.69) is 15.2 Å². The van der Waals surface area contributed by atoms with Crippen molar-refractivity contribution in [3.63, 3.8) is 0 Å². The Morgan fingerprint density at radius 1 is 1.38 bits per heavy atom. The van der Waals surface area contributed by atoms with Crippen LogP contribution in [0.25, 0.3) is 0 Å². The summed E-state index contributed by atoms with van der Waals surface area (Å²) in [4.78, 5) is 6.63. The number of aliphatic imine (C=N–C) groups is 1. The highest BCUT2D eigenvalue weighted by Crippen LogP contribution is 2.11. The Bertz CT molecular complexity index is 205. The molecule has 0 spiro atoms. The maximum atomic E-state index is 9.46. The van der Waals surface area contributed by atoms with Gasteiger partial charge in [0.25, 0.3) is 0 Å². The van der Waals surface area contributed by atoms with Gasteiger partial charge in [-0.2, -0.15) is 0 Å². The third-order valence-electron chi connectivity index (χ3n) is 2.65. The zero-order valence-electron chi connectivity index (χ0n) is 7.87. The summed E-state index contributed by atoms with van der Waals surface area (Å²) in [5.74, 6) is 1.04. The maximum Gasteiger partial charge on any atom is 0.194 e. The predicted octanol–water partition coefficient (Wildman–Crippen LogP) is -0.208. The van der Waals surface area contributed by atoms with Gasteiger partial charge in [-0.3, -0.25) is 4.99 Å². The Hall–Kier alpha value is -0.770. The van der Waals surface area contributed by atoms with E-state index in [0.29, 0.717) is 0 Å². The van der Waals surface area contributed by atoms with Gasteiger partial charge in [0.2, 0.25) is 0 Å². The Balaban J connectivity index is 1.91. The van der Waals surface area contributed by atoms with Crippen molar-refractivity contribution in [2.45, 2.75) is 25.4 Å². The summed E-state index contributed by atoms with van der Waals surface area (Å²) in [5.41, 5.74) is 0. The average molecular weight is 183 g/mol. The first-order valence-electron chi connectivity index (χ1n) is 5.07. The van der Waals surface area contributed by atoms with Crippen molar-refractivity contribution < 1.29 is 5.11 Å². The molecule has 0 aliphatic carbocycles. The number of hydrogen-bond acceptors (Lipinski definition) is 4. The summed E-state index contributed by atoms with van der Waals surface area (Å²) in [6, 6.07) is 0. The van der Waals surface area contributed by atoms with Crippen LogP contribution in [0.5, 0.6) is 0 Å². The molecule has 4 heteroatoms. The minimum Gasteiger partial charge on any atom is -0.393 e. The van der Waals surface area contributed by atoms with Crippen LogP contribution < -0.4 is 5.32 Å². The van der Waals surface area contributed by atoms with Gasteiger partial charge >= 0.3 is 0 Å². The predicted molar refractivity (Wildman–Crippen MR) is 51.7 cm³/mol. The fraction of sp³-hybridized carbons (Fsp3) is 0.889. The van der Waals surface area contributed by atoms with Gasteiger partial charge in [-0.05, 0) is 19.3 Å². The molecular weight excluding hydrogens is 166 g/mol. The van der Waals surface area contributed by atoms with Crippen LogP contribution in [0.1, 0.15) is 19.3 Å². The van der Waals surface area contributed by atoms with Gasteiger partial charge in [-0.15, -0.1) is 0 Å². The molecule has 1 atom stereocenters. The summed E-state index contributed by atoms with van der Waals surface area (Å²) in [5, 5.41) is 12.7. The molecule has 1 fully saturated rings. The molecule has 74 valence electrons. The lowest BCUT2D eigenvalue weighted by molar-refractivity contribution is 0.159. The van der Waals surface area contributed by atoms with E-state index < -0.39 is 0 Å². The third-order valence-corrected chi connectivity index (χ3v) is 2.65. The van der Waals surface area contributed by atoms with Crippen molar-refractivity contribution in [2.24, 2.45) is 4.99 Å². The minimum absolute atomic E-state index is 0.105. The van der Waals surface area contributed by atoms with Crippen molar-refractivity contribution in [3.05, 3.63) is 0 Å². The van der Waals surface area contributed by atoms with Crippen LogP contribution in [0.15, 0.2) is 4.99 Å². The molecule has 13 heavy (non-hydrogen) atoms. The van der Waals surface area contributed by atoms with Crippen molar-refractivity contribution in [3.8, 4) is 0 Å². The zero-order chi connectivity index (χ0) is 9.10. The number of nitrogens with one attached hydrogen (secondary N) is 1. The number of guanidine groups is 1. The smallest absolute Gasteiger partial charge is 0.194 e. The van der Waals surface area contributed by atoms with E-state index in [1.54, 1.807) is 0 Å². The first-order chi connectivity index (χ1) is 6.36. The van der Waals surface area contributed by atoms with Crippen molar-refractivity contribution in [1.82, 2.24) is 10.2 Å². The van der Waals surface area contributed by atoms with Crippen LogP contribution in [0.2, 0.25) is 0 Å². The first kappa shape index (κ1) is 8.81. The SMILES string of the molecule is OC1CCCN(C2=NCCN2)CC1. The summed E-state index contributed by atoms with van der Waals surface area (Å²) < 4.78 is 0. The number of nitrogens with zero attached hydrogens (tertiary/aromatic N) is 2. The minimum atomic E-state index is -0.105. The fourth-order valence-corrected chi connectivity index (χ4v) is 1.89. The van der Waals surface area contributed by atoms with Gasteiger partial charge in [-0.25, -0.2) is 0 Å². The van der Waals surface area contributed by atoms with E-state index in [-0.39, 0.29) is 6.10 Å². The zero-order valence-corrected chi connectivity index (χ0v) is 7.87. The van der Waals surface area contributed by atoms with Crippen molar-refractivity contribution in [2.75, 3.05) is 26.2 Å². The van der Waals surface area contributed by atoms with E-state index in [1.165, 1.54) is 0 Å². The second-order valence-corrected chi connectivity index (χ2v) is 3.70. The first-order valence-corrected chi connectivity index (χ1v) is 5.07. The Morgan fingerprint density at radius 3 is 3.08 bits per heavy atom. The molecule has 0 bridgehead atoms. The van der Waals surface area contributed by atoms with Gasteiger partial charge in [-0.1, -0.05) is 0 Å². The molecule has 2 heterocycles. The molecule has 0 aromatic rings. The second-order valence-electron chi connectivity index (χ2n) is 3.70. The molecule has 2 N–H and O–H groups in total. The monoisotopic (exact) mass is 183 g/mol. The van der Waals surface area contributed by atoms with Crippen LogP contribution in [-0.2, 0) is 0 Å². The van der Waals surface area contributed by atoms with Gasteiger partial charge in [0.1, 0.15) is 0 Å². The maximum absolute atomic E-state index is 9.46. The van der Waals surface area contributed by atoms with Crippen LogP contribution in [0.3, 0.4) is 0 Å². The molecule has 1 unspecified atom stereocenters. The molecule has 0 aromatic heterocycles. The van der Waals surface area contributed by atoms with Gasteiger partial charge in [0.05, 0.1) is 12.6 Å². The number of rotatable bonds is 0. The van der Waals surface area contributed by atoms with Gasteiger partial charge in [0.15, 0.2) is 5.96 Å². The summed E-state index contributed by atoms with van der Waals surface area (Å²) >= 11 is 0. The molecule has 2 aliphatic heterocycles. The highest BCUT2D eigenvalue weighted by Gasteiger charge is 2.18. The van der Waals surface area contributed by atoms with Crippen molar-refractivity contribution in [1.29, 1.82) is 0 Å². The average Bonchev–Trinajstić information content (AvgIpc) is 2.56. The van der Waals surface area contributed by atoms with Crippen LogP contribution >= 0.6 is 0 Å². The van der Waals surface area contributed by atoms with Crippen molar-refractivity contribution >= 4 is 5.96 Å². The van der Waals surface area contributed by atoms with Crippen LogP contribution in [0, 0.1) is 0 Å².